The summed E-state index contributed by atoms with van der Waals surface area (Å²) in [6.07, 6.45) is 0. The maximum atomic E-state index is 2.53. The maximum Gasteiger partial charge on any atom is 0.0622 e. The van der Waals surface area contributed by atoms with Gasteiger partial charge < -0.3 is 13.7 Å². The summed E-state index contributed by atoms with van der Waals surface area (Å²) in [4.78, 5) is 2.39. The molecule has 264 valence electrons. The van der Waals surface area contributed by atoms with E-state index in [1.807, 2.05) is 0 Å². The van der Waals surface area contributed by atoms with Gasteiger partial charge in [0.1, 0.15) is 0 Å². The van der Waals surface area contributed by atoms with Gasteiger partial charge in [-0.1, -0.05) is 121 Å². The maximum absolute atomic E-state index is 2.53. The quantitative estimate of drug-likeness (QED) is 0.172. The SMILES string of the molecule is c1ccc(-c2ccc3c(c2)c2cc(-c4ccccc4)cc4c5cc6c7cc(N(c8ccccc8)c8ccccc8)cc8c9ccccc9n(c6cc5n3c24)c87)cc1. The molecule has 4 heterocycles. The molecule has 0 spiro atoms. The molecule has 0 saturated heterocycles. The zero-order chi connectivity index (χ0) is 37.2. The average molecular weight is 724 g/mol. The van der Waals surface area contributed by atoms with Crippen LogP contribution in [0.1, 0.15) is 0 Å². The molecule has 3 heteroatoms. The Morgan fingerprint density at radius 3 is 1.28 bits per heavy atom. The van der Waals surface area contributed by atoms with Gasteiger partial charge in [0.05, 0.1) is 33.1 Å². The Labute approximate surface area is 328 Å². The van der Waals surface area contributed by atoms with Crippen molar-refractivity contribution in [2.45, 2.75) is 0 Å². The van der Waals surface area contributed by atoms with E-state index in [0.29, 0.717) is 0 Å². The van der Waals surface area contributed by atoms with Crippen LogP contribution >= 0.6 is 0 Å². The molecule has 0 radical (unpaired) electrons. The molecule has 0 atom stereocenters. The number of fused-ring (bicyclic) bond motifs is 12. The molecule has 13 rings (SSSR count). The topological polar surface area (TPSA) is 12.1 Å². The average Bonchev–Trinajstić information content (AvgIpc) is 4.00. The van der Waals surface area contributed by atoms with Gasteiger partial charge in [-0.05, 0) is 101 Å². The van der Waals surface area contributed by atoms with Crippen LogP contribution in [0.2, 0.25) is 0 Å². The fourth-order valence-corrected chi connectivity index (χ4v) is 9.86. The molecule has 0 bridgehead atoms. The highest BCUT2D eigenvalue weighted by Gasteiger charge is 2.25. The Kier molecular flexibility index (Phi) is 6.16. The smallest absolute Gasteiger partial charge is 0.0622 e. The molecule has 0 N–H and O–H groups in total. The van der Waals surface area contributed by atoms with Crippen molar-refractivity contribution in [2.24, 2.45) is 0 Å². The Balaban J connectivity index is 1.17. The van der Waals surface area contributed by atoms with Gasteiger partial charge in [-0.2, -0.15) is 0 Å². The van der Waals surface area contributed by atoms with Gasteiger partial charge in [0.2, 0.25) is 0 Å². The molecular weight excluding hydrogens is 691 g/mol. The van der Waals surface area contributed by atoms with E-state index in [2.05, 4.69) is 214 Å². The summed E-state index contributed by atoms with van der Waals surface area (Å²) in [5, 5.41) is 10.2. The van der Waals surface area contributed by atoms with Crippen LogP contribution in [0.4, 0.5) is 17.1 Å². The van der Waals surface area contributed by atoms with Crippen molar-refractivity contribution in [2.75, 3.05) is 4.90 Å². The highest BCUT2D eigenvalue weighted by molar-refractivity contribution is 6.30. The Morgan fingerprint density at radius 2 is 0.684 bits per heavy atom. The summed E-state index contributed by atoms with van der Waals surface area (Å²) in [7, 11) is 0. The van der Waals surface area contributed by atoms with E-state index in [4.69, 9.17) is 0 Å². The van der Waals surface area contributed by atoms with Crippen molar-refractivity contribution < 1.29 is 0 Å². The minimum atomic E-state index is 1.13. The molecule has 3 nitrogen and oxygen atoms in total. The van der Waals surface area contributed by atoms with Gasteiger partial charge >= 0.3 is 0 Å². The second kappa shape index (κ2) is 11.5. The van der Waals surface area contributed by atoms with Crippen LogP contribution in [0.3, 0.4) is 0 Å². The van der Waals surface area contributed by atoms with E-state index in [9.17, 15) is 0 Å². The zero-order valence-corrected chi connectivity index (χ0v) is 30.9. The van der Waals surface area contributed by atoms with Crippen molar-refractivity contribution in [3.05, 3.63) is 200 Å². The van der Waals surface area contributed by atoms with Crippen LogP contribution in [-0.4, -0.2) is 8.80 Å². The number of benzene rings is 9. The summed E-state index contributed by atoms with van der Waals surface area (Å²) in [6.45, 7) is 0. The Hall–Kier alpha value is -7.62. The molecular formula is C54H33N3. The molecule has 0 saturated carbocycles. The molecule has 13 aromatic rings. The Morgan fingerprint density at radius 1 is 0.246 bits per heavy atom. The van der Waals surface area contributed by atoms with Gasteiger partial charge in [0.25, 0.3) is 0 Å². The highest BCUT2D eigenvalue weighted by Crippen LogP contribution is 2.48. The Bertz CT molecular complexity index is 3620. The molecule has 9 aromatic carbocycles. The lowest BCUT2D eigenvalue weighted by Crippen LogP contribution is -2.09. The lowest BCUT2D eigenvalue weighted by atomic mass is 9.97. The number of aromatic nitrogens is 2. The van der Waals surface area contributed by atoms with Crippen molar-refractivity contribution >= 4 is 93.3 Å². The molecule has 4 aromatic heterocycles. The molecule has 0 aliphatic heterocycles. The van der Waals surface area contributed by atoms with Crippen molar-refractivity contribution in [3.8, 4) is 22.3 Å². The summed E-state index contributed by atoms with van der Waals surface area (Å²) in [5.74, 6) is 0. The first-order valence-corrected chi connectivity index (χ1v) is 19.7. The second-order valence-corrected chi connectivity index (χ2v) is 15.4. The van der Waals surface area contributed by atoms with Crippen LogP contribution < -0.4 is 4.90 Å². The van der Waals surface area contributed by atoms with E-state index < -0.39 is 0 Å². The van der Waals surface area contributed by atoms with Crippen LogP contribution in [-0.2, 0) is 0 Å². The summed E-state index contributed by atoms with van der Waals surface area (Å²) < 4.78 is 5.05. The third-order valence-corrected chi connectivity index (χ3v) is 12.3. The monoisotopic (exact) mass is 723 g/mol. The van der Waals surface area contributed by atoms with E-state index in [-0.39, 0.29) is 0 Å². The first kappa shape index (κ1) is 30.7. The number of hydrogen-bond acceptors (Lipinski definition) is 1. The molecule has 0 aliphatic rings. The van der Waals surface area contributed by atoms with Crippen LogP contribution in [0.5, 0.6) is 0 Å². The van der Waals surface area contributed by atoms with Gasteiger partial charge in [-0.3, -0.25) is 0 Å². The predicted molar refractivity (Wildman–Crippen MR) is 241 cm³/mol. The van der Waals surface area contributed by atoms with E-state index in [1.54, 1.807) is 0 Å². The van der Waals surface area contributed by atoms with Gasteiger partial charge in [-0.15, -0.1) is 0 Å². The number of nitrogens with zero attached hydrogens (tertiary/aromatic N) is 3. The third-order valence-electron chi connectivity index (χ3n) is 12.3. The number of rotatable bonds is 5. The molecule has 57 heavy (non-hydrogen) atoms. The van der Waals surface area contributed by atoms with E-state index >= 15 is 0 Å². The minimum absolute atomic E-state index is 1.13. The van der Waals surface area contributed by atoms with Gasteiger partial charge in [0, 0.05) is 60.2 Å². The summed E-state index contributed by atoms with van der Waals surface area (Å²) in [5.41, 5.74) is 15.8. The zero-order valence-electron chi connectivity index (χ0n) is 30.9. The lowest BCUT2D eigenvalue weighted by Gasteiger charge is -2.25. The largest absolute Gasteiger partial charge is 0.310 e. The summed E-state index contributed by atoms with van der Waals surface area (Å²) in [6, 6.07) is 73.6. The van der Waals surface area contributed by atoms with Gasteiger partial charge in [-0.25, -0.2) is 0 Å². The number of hydrogen-bond donors (Lipinski definition) is 0. The van der Waals surface area contributed by atoms with Crippen LogP contribution in [0.25, 0.3) is 98.4 Å². The molecule has 0 aliphatic carbocycles. The van der Waals surface area contributed by atoms with Crippen LogP contribution in [0.15, 0.2) is 200 Å². The van der Waals surface area contributed by atoms with E-state index in [0.717, 1.165) is 17.1 Å². The molecule has 0 fully saturated rings. The van der Waals surface area contributed by atoms with Gasteiger partial charge in [0.15, 0.2) is 0 Å². The van der Waals surface area contributed by atoms with E-state index in [1.165, 1.54) is 98.4 Å². The summed E-state index contributed by atoms with van der Waals surface area (Å²) >= 11 is 0. The number of para-hydroxylation sites is 3. The fourth-order valence-electron chi connectivity index (χ4n) is 9.86. The van der Waals surface area contributed by atoms with Crippen molar-refractivity contribution in [1.82, 2.24) is 8.80 Å². The van der Waals surface area contributed by atoms with Crippen LogP contribution in [0, 0.1) is 0 Å². The van der Waals surface area contributed by atoms with Crippen molar-refractivity contribution in [1.29, 1.82) is 0 Å². The molecule has 0 amide bonds. The minimum Gasteiger partial charge on any atom is -0.310 e. The molecule has 0 unspecified atom stereocenters. The fraction of sp³-hybridized carbons (Fsp3) is 0. The highest BCUT2D eigenvalue weighted by atomic mass is 15.1. The second-order valence-electron chi connectivity index (χ2n) is 15.4. The first-order chi connectivity index (χ1) is 28.3. The third kappa shape index (κ3) is 4.26. The first-order valence-electron chi connectivity index (χ1n) is 19.7. The normalized spacial score (nSPS) is 12.2. The lowest BCUT2D eigenvalue weighted by molar-refractivity contribution is 1.29. The number of anilines is 3. The predicted octanol–water partition coefficient (Wildman–Crippen LogP) is 14.8. The van der Waals surface area contributed by atoms with Crippen molar-refractivity contribution in [3.63, 3.8) is 0 Å². The standard InChI is InChI=1S/C54H33N3/c1-5-15-34(16-6-1)36-25-26-50-42(27-36)45-28-37(35-17-7-2-8-18-35)29-46-43-32-44-48-31-40(55(38-19-9-3-10-20-38)39-21-11-4-12-22-39)30-47-41-23-13-14-24-49(41)56(54(47)48)52(44)33-51(43)57(50)53(45)46/h1-33H.